The van der Waals surface area contributed by atoms with Gasteiger partial charge in [0.1, 0.15) is 18.0 Å². The van der Waals surface area contributed by atoms with Crippen LogP contribution in [-0.4, -0.2) is 41.4 Å². The van der Waals surface area contributed by atoms with Crippen LogP contribution in [0, 0.1) is 17.1 Å². The fraction of sp³-hybridized carbons (Fsp3) is 0.267. The van der Waals surface area contributed by atoms with Gasteiger partial charge in [-0.2, -0.15) is 5.26 Å². The second kappa shape index (κ2) is 6.82. The lowest BCUT2D eigenvalue weighted by Crippen LogP contribution is -2.33. The van der Waals surface area contributed by atoms with Gasteiger partial charge in [0.15, 0.2) is 5.01 Å². The largest absolute Gasteiger partial charge is 0.442 e. The molecule has 2 heterocycles. The third-order valence-electron chi connectivity index (χ3n) is 3.47. The zero-order valence-corrected chi connectivity index (χ0v) is 13.8. The van der Waals surface area contributed by atoms with Gasteiger partial charge in [-0.05, 0) is 18.2 Å². The summed E-state index contributed by atoms with van der Waals surface area (Å²) in [7, 11) is 0. The molecule has 128 valence electrons. The van der Waals surface area contributed by atoms with E-state index in [1.807, 2.05) is 6.07 Å². The summed E-state index contributed by atoms with van der Waals surface area (Å²) >= 11 is 0.980. The zero-order valence-electron chi connectivity index (χ0n) is 13.0. The van der Waals surface area contributed by atoms with Crippen molar-refractivity contribution in [1.29, 1.82) is 5.26 Å². The molecule has 25 heavy (non-hydrogen) atoms. The molecule has 1 N–H and O–H groups in total. The number of anilines is 1. The van der Waals surface area contributed by atoms with Crippen molar-refractivity contribution in [1.82, 2.24) is 15.5 Å². The number of aromatic nitrogens is 2. The molecule has 1 aromatic heterocycles. The summed E-state index contributed by atoms with van der Waals surface area (Å²) in [6, 6.07) is 6.08. The average Bonchev–Trinajstić information content (AvgIpc) is 3.19. The second-order valence-electron chi connectivity index (χ2n) is 5.24. The minimum absolute atomic E-state index is 0.141. The Balaban J connectivity index is 1.77. The van der Waals surface area contributed by atoms with E-state index >= 15 is 0 Å². The first-order chi connectivity index (χ1) is 12.0. The van der Waals surface area contributed by atoms with Gasteiger partial charge in [-0.3, -0.25) is 9.69 Å². The number of nitrogens with zero attached hydrogens (tertiary/aromatic N) is 4. The Morgan fingerprint density at radius 1 is 1.56 bits per heavy atom. The molecule has 2 aromatic rings. The van der Waals surface area contributed by atoms with Crippen molar-refractivity contribution in [2.24, 2.45) is 0 Å². The lowest BCUT2D eigenvalue weighted by molar-refractivity contribution is -0.119. The Hall–Kier alpha value is -3.06. The average molecular weight is 361 g/mol. The second-order valence-corrected chi connectivity index (χ2v) is 6.22. The van der Waals surface area contributed by atoms with Crippen LogP contribution in [0.3, 0.4) is 0 Å². The molecule has 1 aliphatic heterocycles. The van der Waals surface area contributed by atoms with Crippen LogP contribution >= 0.6 is 11.3 Å². The first-order valence-electron chi connectivity index (χ1n) is 7.24. The molecule has 1 unspecified atom stereocenters. The summed E-state index contributed by atoms with van der Waals surface area (Å²) in [4.78, 5) is 24.2. The minimum atomic E-state index is -0.606. The van der Waals surface area contributed by atoms with Crippen molar-refractivity contribution in [3.8, 4) is 16.6 Å². The fourth-order valence-corrected chi connectivity index (χ4v) is 2.99. The Bertz CT molecular complexity index is 878. The van der Waals surface area contributed by atoms with Crippen molar-refractivity contribution >= 4 is 29.0 Å². The SMILES string of the molecule is CC(=O)NCC1CN(c2ccc(-c3nnc(C#N)s3)c(F)c2)C(=O)O1. The molecular weight excluding hydrogens is 349 g/mol. The first-order valence-corrected chi connectivity index (χ1v) is 8.05. The van der Waals surface area contributed by atoms with Gasteiger partial charge in [0, 0.05) is 12.5 Å². The highest BCUT2D eigenvalue weighted by Gasteiger charge is 2.32. The van der Waals surface area contributed by atoms with Gasteiger partial charge in [0.05, 0.1) is 18.8 Å². The lowest BCUT2D eigenvalue weighted by atomic mass is 10.2. The topological polar surface area (TPSA) is 108 Å². The number of nitriles is 1. The number of halogens is 1. The van der Waals surface area contributed by atoms with Crippen molar-refractivity contribution in [3.63, 3.8) is 0 Å². The summed E-state index contributed by atoms with van der Waals surface area (Å²) in [5.41, 5.74) is 0.534. The van der Waals surface area contributed by atoms with E-state index in [1.165, 1.54) is 24.0 Å². The highest BCUT2D eigenvalue weighted by atomic mass is 32.1. The molecule has 1 atom stereocenters. The summed E-state index contributed by atoms with van der Waals surface area (Å²) in [5.74, 6) is -0.810. The van der Waals surface area contributed by atoms with E-state index in [2.05, 4.69) is 15.5 Å². The number of amides is 2. The number of cyclic esters (lactones) is 1. The Labute approximate surface area is 145 Å². The summed E-state index contributed by atoms with van der Waals surface area (Å²) in [5, 5.41) is 19.2. The molecule has 0 aliphatic carbocycles. The smallest absolute Gasteiger partial charge is 0.414 e. The Morgan fingerprint density at radius 3 is 3.00 bits per heavy atom. The quantitative estimate of drug-likeness (QED) is 0.887. The van der Waals surface area contributed by atoms with Gasteiger partial charge in [0.2, 0.25) is 10.9 Å². The van der Waals surface area contributed by atoms with Crippen LogP contribution in [0.25, 0.3) is 10.6 Å². The molecule has 0 spiro atoms. The van der Waals surface area contributed by atoms with Crippen molar-refractivity contribution in [2.75, 3.05) is 18.0 Å². The van der Waals surface area contributed by atoms with E-state index in [1.54, 1.807) is 6.07 Å². The zero-order chi connectivity index (χ0) is 18.0. The third-order valence-corrected chi connectivity index (χ3v) is 4.33. The van der Waals surface area contributed by atoms with Crippen LogP contribution < -0.4 is 10.2 Å². The van der Waals surface area contributed by atoms with Crippen LogP contribution in [0.2, 0.25) is 0 Å². The van der Waals surface area contributed by atoms with Crippen LogP contribution in [0.1, 0.15) is 11.9 Å². The molecule has 10 heteroatoms. The van der Waals surface area contributed by atoms with Gasteiger partial charge in [-0.25, -0.2) is 9.18 Å². The van der Waals surface area contributed by atoms with Gasteiger partial charge in [0.25, 0.3) is 0 Å². The molecule has 1 saturated heterocycles. The van der Waals surface area contributed by atoms with Crippen molar-refractivity contribution < 1.29 is 18.7 Å². The number of hydrogen-bond acceptors (Lipinski definition) is 7. The standard InChI is InChI=1S/C15H12FN5O3S/c1-8(22)18-6-10-7-21(15(23)24-10)9-2-3-11(12(16)4-9)14-20-19-13(5-17)25-14/h2-4,10H,6-7H2,1H3,(H,18,22). The maximum Gasteiger partial charge on any atom is 0.414 e. The van der Waals surface area contributed by atoms with E-state index in [-0.39, 0.29) is 34.6 Å². The summed E-state index contributed by atoms with van der Waals surface area (Å²) < 4.78 is 19.5. The van der Waals surface area contributed by atoms with Crippen LogP contribution in [0.5, 0.6) is 0 Å². The van der Waals surface area contributed by atoms with Crippen LogP contribution in [0.4, 0.5) is 14.9 Å². The number of benzene rings is 1. The monoisotopic (exact) mass is 361 g/mol. The normalized spacial score (nSPS) is 16.4. The van der Waals surface area contributed by atoms with Crippen LogP contribution in [0.15, 0.2) is 18.2 Å². The minimum Gasteiger partial charge on any atom is -0.442 e. The number of nitrogens with one attached hydrogen (secondary N) is 1. The van der Waals surface area contributed by atoms with E-state index in [0.29, 0.717) is 5.69 Å². The molecule has 1 fully saturated rings. The van der Waals surface area contributed by atoms with E-state index in [0.717, 1.165) is 11.3 Å². The Kier molecular flexibility index (Phi) is 4.58. The van der Waals surface area contributed by atoms with Crippen molar-refractivity contribution in [2.45, 2.75) is 13.0 Å². The molecule has 0 saturated carbocycles. The molecule has 0 radical (unpaired) electrons. The predicted molar refractivity (Wildman–Crippen MR) is 86.3 cm³/mol. The van der Waals surface area contributed by atoms with Crippen molar-refractivity contribution in [3.05, 3.63) is 29.0 Å². The number of ether oxygens (including phenoxy) is 1. The van der Waals surface area contributed by atoms with E-state index < -0.39 is 18.0 Å². The van der Waals surface area contributed by atoms with Crippen LogP contribution in [-0.2, 0) is 9.53 Å². The van der Waals surface area contributed by atoms with Gasteiger partial charge in [-0.1, -0.05) is 11.3 Å². The highest BCUT2D eigenvalue weighted by molar-refractivity contribution is 7.15. The maximum atomic E-state index is 14.4. The maximum absolute atomic E-state index is 14.4. The first kappa shape index (κ1) is 16.8. The number of rotatable bonds is 4. The Morgan fingerprint density at radius 2 is 2.36 bits per heavy atom. The van der Waals surface area contributed by atoms with E-state index in [9.17, 15) is 14.0 Å². The van der Waals surface area contributed by atoms with Gasteiger partial charge in [-0.15, -0.1) is 10.2 Å². The molecule has 0 bridgehead atoms. The third kappa shape index (κ3) is 3.56. The molecule has 2 amide bonds. The fourth-order valence-electron chi connectivity index (χ4n) is 2.32. The van der Waals surface area contributed by atoms with E-state index in [4.69, 9.17) is 10.00 Å². The lowest BCUT2D eigenvalue weighted by Gasteiger charge is -2.14. The molecule has 8 nitrogen and oxygen atoms in total. The summed E-state index contributed by atoms with van der Waals surface area (Å²) in [6.07, 6.45) is -1.11. The van der Waals surface area contributed by atoms with Gasteiger partial charge >= 0.3 is 6.09 Å². The molecule has 3 rings (SSSR count). The number of hydrogen-bond donors (Lipinski definition) is 1. The molecule has 1 aromatic carbocycles. The summed E-state index contributed by atoms with van der Waals surface area (Å²) in [6.45, 7) is 1.77. The molecular formula is C15H12FN5O3S. The predicted octanol–water partition coefficient (Wildman–Crippen LogP) is 1.68. The number of carbonyl (C=O) groups is 2. The highest BCUT2D eigenvalue weighted by Crippen LogP contribution is 2.30. The number of carbonyl (C=O) groups excluding carboxylic acids is 2. The molecule has 1 aliphatic rings. The van der Waals surface area contributed by atoms with Gasteiger partial charge < -0.3 is 10.1 Å².